The molecule has 0 bridgehead atoms. The molecular formula is C17H23N3O3. The van der Waals surface area contributed by atoms with Crippen molar-refractivity contribution in [1.29, 1.82) is 0 Å². The van der Waals surface area contributed by atoms with Gasteiger partial charge in [-0.1, -0.05) is 23.4 Å². The van der Waals surface area contributed by atoms with E-state index in [9.17, 15) is 4.79 Å². The van der Waals surface area contributed by atoms with Crippen molar-refractivity contribution in [1.82, 2.24) is 10.1 Å². The van der Waals surface area contributed by atoms with Gasteiger partial charge in [0, 0.05) is 12.6 Å². The maximum absolute atomic E-state index is 12.1. The lowest BCUT2D eigenvalue weighted by atomic mass is 10.2. The van der Waals surface area contributed by atoms with Gasteiger partial charge in [-0.3, -0.25) is 15.0 Å². The van der Waals surface area contributed by atoms with Crippen molar-refractivity contribution in [2.45, 2.75) is 26.3 Å². The molecule has 1 atom stereocenters. The van der Waals surface area contributed by atoms with Gasteiger partial charge in [0.15, 0.2) is 0 Å². The molecule has 23 heavy (non-hydrogen) atoms. The topological polar surface area (TPSA) is 67.6 Å². The first kappa shape index (κ1) is 17.0. The molecule has 0 aliphatic heterocycles. The lowest BCUT2D eigenvalue weighted by Crippen LogP contribution is -2.40. The second-order valence-electron chi connectivity index (χ2n) is 5.49. The number of aromatic nitrogens is 1. The van der Waals surface area contributed by atoms with Crippen LogP contribution in [0.5, 0.6) is 5.75 Å². The van der Waals surface area contributed by atoms with Crippen LogP contribution in [0.25, 0.3) is 0 Å². The summed E-state index contributed by atoms with van der Waals surface area (Å²) in [5.74, 6) is 1.12. The Labute approximate surface area is 136 Å². The SMILES string of the molecule is Cc1cc(NC(=O)[C@@H](C)N(C)CCCOc2ccccc2)on1. The number of amides is 1. The van der Waals surface area contributed by atoms with Gasteiger partial charge < -0.3 is 9.26 Å². The van der Waals surface area contributed by atoms with Crippen molar-refractivity contribution in [3.05, 3.63) is 42.1 Å². The van der Waals surface area contributed by atoms with Gasteiger partial charge in [-0.05, 0) is 39.4 Å². The summed E-state index contributed by atoms with van der Waals surface area (Å²) in [5, 5.41) is 6.46. The Morgan fingerprint density at radius 3 is 2.78 bits per heavy atom. The maximum Gasteiger partial charge on any atom is 0.243 e. The van der Waals surface area contributed by atoms with Crippen molar-refractivity contribution in [3.63, 3.8) is 0 Å². The molecule has 1 aromatic carbocycles. The van der Waals surface area contributed by atoms with Crippen LogP contribution >= 0.6 is 0 Å². The predicted molar refractivity (Wildman–Crippen MR) is 88.5 cm³/mol. The van der Waals surface area contributed by atoms with Crippen molar-refractivity contribution in [2.75, 3.05) is 25.5 Å². The highest BCUT2D eigenvalue weighted by atomic mass is 16.5. The number of rotatable bonds is 8. The van der Waals surface area contributed by atoms with E-state index in [4.69, 9.17) is 9.26 Å². The summed E-state index contributed by atoms with van der Waals surface area (Å²) in [4.78, 5) is 14.1. The summed E-state index contributed by atoms with van der Waals surface area (Å²) in [7, 11) is 1.92. The van der Waals surface area contributed by atoms with E-state index in [1.165, 1.54) is 0 Å². The van der Waals surface area contributed by atoms with Gasteiger partial charge in [0.05, 0.1) is 18.3 Å². The molecule has 0 spiro atoms. The standard InChI is InChI=1S/C17H23N3O3/c1-13-12-16(23-19-13)18-17(21)14(2)20(3)10-7-11-22-15-8-5-4-6-9-15/h4-6,8-9,12,14H,7,10-11H2,1-3H3,(H,18,21)/t14-/m1/s1. The summed E-state index contributed by atoms with van der Waals surface area (Å²) in [5.41, 5.74) is 0.736. The van der Waals surface area contributed by atoms with Crippen molar-refractivity contribution >= 4 is 11.8 Å². The summed E-state index contributed by atoms with van der Waals surface area (Å²) in [6.07, 6.45) is 0.838. The van der Waals surface area contributed by atoms with Gasteiger partial charge in [-0.2, -0.15) is 0 Å². The monoisotopic (exact) mass is 317 g/mol. The van der Waals surface area contributed by atoms with Gasteiger partial charge >= 0.3 is 0 Å². The first-order valence-electron chi connectivity index (χ1n) is 7.68. The predicted octanol–water partition coefficient (Wildman–Crippen LogP) is 2.71. The molecule has 0 saturated heterocycles. The van der Waals surface area contributed by atoms with Gasteiger partial charge in [-0.15, -0.1) is 0 Å². The number of ether oxygens (including phenoxy) is 1. The van der Waals surface area contributed by atoms with Crippen molar-refractivity contribution in [2.24, 2.45) is 0 Å². The average molecular weight is 317 g/mol. The number of anilines is 1. The van der Waals surface area contributed by atoms with Gasteiger partial charge in [-0.25, -0.2) is 0 Å². The molecule has 0 saturated carbocycles. The highest BCUT2D eigenvalue weighted by Gasteiger charge is 2.19. The Morgan fingerprint density at radius 1 is 1.39 bits per heavy atom. The molecule has 1 heterocycles. The van der Waals surface area contributed by atoms with E-state index >= 15 is 0 Å². The number of para-hydroxylation sites is 1. The fraction of sp³-hybridized carbons (Fsp3) is 0.412. The van der Waals surface area contributed by atoms with E-state index in [1.807, 2.05) is 49.2 Å². The van der Waals surface area contributed by atoms with Gasteiger partial charge in [0.2, 0.25) is 11.8 Å². The van der Waals surface area contributed by atoms with Gasteiger partial charge in [0.1, 0.15) is 5.75 Å². The quantitative estimate of drug-likeness (QED) is 0.758. The van der Waals surface area contributed by atoms with E-state index in [0.29, 0.717) is 12.5 Å². The Morgan fingerprint density at radius 2 is 2.13 bits per heavy atom. The molecule has 0 aliphatic carbocycles. The van der Waals surface area contributed by atoms with E-state index in [1.54, 1.807) is 13.0 Å². The molecule has 0 aliphatic rings. The second kappa shape index (κ2) is 8.33. The normalized spacial score (nSPS) is 12.2. The first-order chi connectivity index (χ1) is 11.1. The number of hydrogen-bond acceptors (Lipinski definition) is 5. The minimum atomic E-state index is -0.267. The van der Waals surface area contributed by atoms with Crippen LogP contribution in [0.3, 0.4) is 0 Å². The van der Waals surface area contributed by atoms with Crippen LogP contribution in [0, 0.1) is 6.92 Å². The highest BCUT2D eigenvalue weighted by molar-refractivity contribution is 5.93. The minimum Gasteiger partial charge on any atom is -0.494 e. The molecule has 1 aromatic heterocycles. The fourth-order valence-electron chi connectivity index (χ4n) is 2.06. The van der Waals surface area contributed by atoms with Crippen LogP contribution in [0.1, 0.15) is 19.0 Å². The Kier molecular flexibility index (Phi) is 6.17. The lowest BCUT2D eigenvalue weighted by molar-refractivity contribution is -0.120. The molecule has 2 rings (SSSR count). The number of benzene rings is 1. The lowest BCUT2D eigenvalue weighted by Gasteiger charge is -2.23. The Bertz CT molecular complexity index is 613. The van der Waals surface area contributed by atoms with Crippen LogP contribution in [0.15, 0.2) is 40.9 Å². The molecule has 1 N–H and O–H groups in total. The number of carbonyl (C=O) groups is 1. The van der Waals surface area contributed by atoms with Crippen LogP contribution < -0.4 is 10.1 Å². The molecular weight excluding hydrogens is 294 g/mol. The van der Waals surface area contributed by atoms with E-state index < -0.39 is 0 Å². The zero-order valence-electron chi connectivity index (χ0n) is 13.8. The second-order valence-corrected chi connectivity index (χ2v) is 5.49. The Hall–Kier alpha value is -2.34. The third-order valence-electron chi connectivity index (χ3n) is 3.58. The molecule has 0 fully saturated rings. The zero-order chi connectivity index (χ0) is 16.7. The van der Waals surface area contributed by atoms with E-state index in [2.05, 4.69) is 10.5 Å². The van der Waals surface area contributed by atoms with Gasteiger partial charge in [0.25, 0.3) is 0 Å². The Balaban J connectivity index is 1.69. The molecule has 6 nitrogen and oxygen atoms in total. The maximum atomic E-state index is 12.1. The molecule has 124 valence electrons. The molecule has 0 unspecified atom stereocenters. The summed E-state index contributed by atoms with van der Waals surface area (Å²) < 4.78 is 10.6. The zero-order valence-corrected chi connectivity index (χ0v) is 13.8. The summed E-state index contributed by atoms with van der Waals surface area (Å²) in [6.45, 7) is 5.04. The van der Waals surface area contributed by atoms with E-state index in [-0.39, 0.29) is 11.9 Å². The average Bonchev–Trinajstić information content (AvgIpc) is 2.96. The number of carbonyl (C=O) groups excluding carboxylic acids is 1. The van der Waals surface area contributed by atoms with Crippen LogP contribution in [0.2, 0.25) is 0 Å². The largest absolute Gasteiger partial charge is 0.494 e. The van der Waals surface area contributed by atoms with Crippen LogP contribution in [0.4, 0.5) is 5.88 Å². The number of hydrogen-bond donors (Lipinski definition) is 1. The van der Waals surface area contributed by atoms with Crippen molar-refractivity contribution in [3.8, 4) is 5.75 Å². The summed E-state index contributed by atoms with van der Waals surface area (Å²) in [6, 6.07) is 11.1. The molecule has 2 aromatic rings. The van der Waals surface area contributed by atoms with Crippen molar-refractivity contribution < 1.29 is 14.1 Å². The van der Waals surface area contributed by atoms with Crippen LogP contribution in [-0.2, 0) is 4.79 Å². The number of aryl methyl sites for hydroxylation is 1. The minimum absolute atomic E-state index is 0.118. The third-order valence-corrected chi connectivity index (χ3v) is 3.58. The number of nitrogens with zero attached hydrogens (tertiary/aromatic N) is 2. The third kappa shape index (κ3) is 5.41. The molecule has 0 radical (unpaired) electrons. The molecule has 6 heteroatoms. The number of likely N-dealkylation sites (N-methyl/N-ethyl adjacent to an activating group) is 1. The highest BCUT2D eigenvalue weighted by Crippen LogP contribution is 2.11. The number of nitrogens with one attached hydrogen (secondary N) is 1. The van der Waals surface area contributed by atoms with E-state index in [0.717, 1.165) is 24.4 Å². The fourth-order valence-corrected chi connectivity index (χ4v) is 2.06. The summed E-state index contributed by atoms with van der Waals surface area (Å²) >= 11 is 0. The van der Waals surface area contributed by atoms with Crippen LogP contribution in [-0.4, -0.2) is 42.2 Å². The first-order valence-corrected chi connectivity index (χ1v) is 7.68. The smallest absolute Gasteiger partial charge is 0.243 e. The molecule has 1 amide bonds.